The molecule has 1 aliphatic rings. The van der Waals surface area contributed by atoms with Crippen LogP contribution in [0.5, 0.6) is 0 Å². The van der Waals surface area contributed by atoms with E-state index in [-0.39, 0.29) is 0 Å². The van der Waals surface area contributed by atoms with Crippen LogP contribution in [0.25, 0.3) is 0 Å². The summed E-state index contributed by atoms with van der Waals surface area (Å²) in [6.45, 7) is 18.1. The lowest BCUT2D eigenvalue weighted by Crippen LogP contribution is -2.24. The molecule has 0 aromatic heterocycles. The molecule has 0 aromatic carbocycles. The van der Waals surface area contributed by atoms with Gasteiger partial charge in [-0.25, -0.2) is 0 Å². The van der Waals surface area contributed by atoms with E-state index in [9.17, 15) is 5.11 Å². The van der Waals surface area contributed by atoms with E-state index in [2.05, 4.69) is 61.5 Å². The summed E-state index contributed by atoms with van der Waals surface area (Å²) in [7, 11) is 0. The van der Waals surface area contributed by atoms with E-state index >= 15 is 0 Å². The molecule has 0 fully saturated rings. The van der Waals surface area contributed by atoms with Crippen molar-refractivity contribution >= 4 is 0 Å². The predicted octanol–water partition coefficient (Wildman–Crippen LogP) is 9.32. The van der Waals surface area contributed by atoms with Crippen LogP contribution in [0.3, 0.4) is 0 Å². The van der Waals surface area contributed by atoms with Crippen molar-refractivity contribution in [1.82, 2.24) is 0 Å². The minimum atomic E-state index is -0.517. The summed E-state index contributed by atoms with van der Waals surface area (Å²) in [4.78, 5) is 0. The number of hydrogen-bond donors (Lipinski definition) is 1. The maximum absolute atomic E-state index is 10.9. The largest absolute Gasteiger partial charge is 0.390 e. The van der Waals surface area contributed by atoms with Crippen LogP contribution in [0, 0.1) is 11.8 Å². The zero-order valence-corrected chi connectivity index (χ0v) is 21.7. The van der Waals surface area contributed by atoms with Crippen LogP contribution in [0.4, 0.5) is 0 Å². The lowest BCUT2D eigenvalue weighted by atomic mass is 9.83. The molecule has 1 nitrogen and oxygen atoms in total. The fraction of sp³-hybridized carbons (Fsp3) is 0.793. The van der Waals surface area contributed by atoms with Gasteiger partial charge >= 0.3 is 0 Å². The summed E-state index contributed by atoms with van der Waals surface area (Å²) in [6.07, 6.45) is 16.6. The summed E-state index contributed by atoms with van der Waals surface area (Å²) >= 11 is 0. The molecule has 0 saturated heterocycles. The van der Waals surface area contributed by atoms with E-state index in [0.717, 1.165) is 50.4 Å². The minimum absolute atomic E-state index is 0.517. The Hall–Kier alpha value is -0.820. The minimum Gasteiger partial charge on any atom is -0.390 e. The molecule has 30 heavy (non-hydrogen) atoms. The van der Waals surface area contributed by atoms with Gasteiger partial charge in [0.2, 0.25) is 0 Å². The second-order valence-corrected chi connectivity index (χ2v) is 11.2. The molecular formula is C29H52O. The molecule has 3 unspecified atom stereocenters. The van der Waals surface area contributed by atoms with Gasteiger partial charge in [0.25, 0.3) is 0 Å². The first-order valence-electron chi connectivity index (χ1n) is 12.7. The molecule has 0 aromatic rings. The van der Waals surface area contributed by atoms with Crippen molar-refractivity contribution in [3.05, 3.63) is 33.9 Å². The molecule has 0 spiro atoms. The molecule has 1 N–H and O–H groups in total. The van der Waals surface area contributed by atoms with Crippen molar-refractivity contribution < 1.29 is 5.11 Å². The van der Waals surface area contributed by atoms with Crippen LogP contribution in [-0.2, 0) is 0 Å². The fourth-order valence-electron chi connectivity index (χ4n) is 4.73. The normalized spacial score (nSPS) is 19.0. The molecule has 0 saturated carbocycles. The first kappa shape index (κ1) is 27.2. The Bertz CT molecular complexity index is 598. The Morgan fingerprint density at radius 1 is 0.867 bits per heavy atom. The van der Waals surface area contributed by atoms with Gasteiger partial charge in [-0.15, -0.1) is 0 Å². The smallest absolute Gasteiger partial charge is 0.0622 e. The van der Waals surface area contributed by atoms with Crippen molar-refractivity contribution in [3.63, 3.8) is 0 Å². The molecule has 3 atom stereocenters. The van der Waals surface area contributed by atoms with E-state index < -0.39 is 5.60 Å². The van der Waals surface area contributed by atoms with Crippen LogP contribution >= 0.6 is 0 Å². The summed E-state index contributed by atoms with van der Waals surface area (Å²) < 4.78 is 0. The molecule has 1 heteroatoms. The highest BCUT2D eigenvalue weighted by atomic mass is 16.3. The van der Waals surface area contributed by atoms with Gasteiger partial charge in [0, 0.05) is 0 Å². The van der Waals surface area contributed by atoms with Gasteiger partial charge in [-0.3, -0.25) is 0 Å². The van der Waals surface area contributed by atoms with Gasteiger partial charge in [-0.2, -0.15) is 0 Å². The van der Waals surface area contributed by atoms with E-state index in [1.807, 2.05) is 0 Å². The summed E-state index contributed by atoms with van der Waals surface area (Å²) in [5, 5.41) is 10.9. The third kappa shape index (κ3) is 11.5. The molecule has 1 rings (SSSR count). The van der Waals surface area contributed by atoms with Crippen LogP contribution in [-0.4, -0.2) is 10.7 Å². The number of hydrogen-bond acceptors (Lipinski definition) is 1. The monoisotopic (exact) mass is 416 g/mol. The average Bonchev–Trinajstić information content (AvgIpc) is 2.63. The van der Waals surface area contributed by atoms with Crippen LogP contribution < -0.4 is 0 Å². The lowest BCUT2D eigenvalue weighted by Gasteiger charge is -2.27. The summed E-state index contributed by atoms with van der Waals surface area (Å²) in [5.74, 6) is 1.62. The number of rotatable bonds is 14. The quantitative estimate of drug-likeness (QED) is 0.280. The Morgan fingerprint density at radius 3 is 2.07 bits per heavy atom. The maximum Gasteiger partial charge on any atom is 0.0622 e. The van der Waals surface area contributed by atoms with Crippen molar-refractivity contribution in [2.75, 3.05) is 0 Å². The second-order valence-electron chi connectivity index (χ2n) is 11.2. The van der Waals surface area contributed by atoms with Gasteiger partial charge in [0.15, 0.2) is 0 Å². The maximum atomic E-state index is 10.9. The highest BCUT2D eigenvalue weighted by Crippen LogP contribution is 2.34. The molecule has 174 valence electrons. The third-order valence-electron chi connectivity index (χ3n) is 7.32. The zero-order valence-electron chi connectivity index (χ0n) is 21.7. The SMILES string of the molecule is CC(C)=CCCC(C)CCCC(C)CCCC(C)(O)CCC1=C(C)CC(C)=C(C)C1. The van der Waals surface area contributed by atoms with E-state index in [1.165, 1.54) is 55.2 Å². The van der Waals surface area contributed by atoms with Crippen LogP contribution in [0.1, 0.15) is 132 Å². The molecule has 0 amide bonds. The van der Waals surface area contributed by atoms with Crippen molar-refractivity contribution in [1.29, 1.82) is 0 Å². The molecule has 0 aliphatic heterocycles. The van der Waals surface area contributed by atoms with Crippen LogP contribution in [0.2, 0.25) is 0 Å². The molecular weight excluding hydrogens is 364 g/mol. The molecule has 0 heterocycles. The van der Waals surface area contributed by atoms with Gasteiger partial charge in [-0.05, 0) is 98.3 Å². The zero-order chi connectivity index (χ0) is 22.7. The molecule has 1 aliphatic carbocycles. The number of allylic oxidation sites excluding steroid dienone is 6. The van der Waals surface area contributed by atoms with Crippen molar-refractivity contribution in [3.8, 4) is 0 Å². The average molecular weight is 417 g/mol. The second kappa shape index (κ2) is 13.6. The van der Waals surface area contributed by atoms with Gasteiger partial charge in [0.1, 0.15) is 0 Å². The standard InChI is InChI=1S/C29H52O/c1-22(2)12-9-13-23(3)14-10-15-24(4)16-11-18-29(8,30)19-17-28-21-26(6)25(5)20-27(28)7/h12,23-24,30H,9-11,13-21H2,1-8H3. The first-order chi connectivity index (χ1) is 14.0. The number of aliphatic hydroxyl groups is 1. The summed E-state index contributed by atoms with van der Waals surface area (Å²) in [5.41, 5.74) is 7.12. The Labute approximate surface area is 189 Å². The highest BCUT2D eigenvalue weighted by molar-refractivity contribution is 5.31. The van der Waals surface area contributed by atoms with Gasteiger partial charge < -0.3 is 5.11 Å². The first-order valence-corrected chi connectivity index (χ1v) is 12.7. The van der Waals surface area contributed by atoms with Gasteiger partial charge in [0.05, 0.1) is 5.60 Å². The Kier molecular flexibility index (Phi) is 12.3. The van der Waals surface area contributed by atoms with Crippen molar-refractivity contribution in [2.24, 2.45) is 11.8 Å². The summed E-state index contributed by atoms with van der Waals surface area (Å²) in [6, 6.07) is 0. The Morgan fingerprint density at radius 2 is 1.43 bits per heavy atom. The fourth-order valence-corrected chi connectivity index (χ4v) is 4.73. The highest BCUT2D eigenvalue weighted by Gasteiger charge is 2.22. The molecule has 0 radical (unpaired) electrons. The predicted molar refractivity (Wildman–Crippen MR) is 135 cm³/mol. The van der Waals surface area contributed by atoms with E-state index in [1.54, 1.807) is 11.1 Å². The lowest BCUT2D eigenvalue weighted by molar-refractivity contribution is 0.0384. The topological polar surface area (TPSA) is 20.2 Å². The van der Waals surface area contributed by atoms with Gasteiger partial charge in [-0.1, -0.05) is 79.9 Å². The third-order valence-corrected chi connectivity index (χ3v) is 7.32. The van der Waals surface area contributed by atoms with Crippen LogP contribution in [0.15, 0.2) is 33.9 Å². The Balaban J connectivity index is 2.20. The van der Waals surface area contributed by atoms with E-state index in [0.29, 0.717) is 0 Å². The van der Waals surface area contributed by atoms with Crippen molar-refractivity contribution in [2.45, 2.75) is 138 Å². The van der Waals surface area contributed by atoms with E-state index in [4.69, 9.17) is 0 Å². The molecule has 0 bridgehead atoms.